The van der Waals surface area contributed by atoms with Gasteiger partial charge in [0.1, 0.15) is 0 Å². The smallest absolute Gasteiger partial charge is 0.160 e. The lowest BCUT2D eigenvalue weighted by atomic mass is 10.2. The van der Waals surface area contributed by atoms with Gasteiger partial charge in [-0.05, 0) is 23.8 Å². The largest absolute Gasteiger partial charge is 0.504 e. The molecule has 0 saturated carbocycles. The number of hydrogen-bond acceptors (Lipinski definition) is 4. The lowest BCUT2D eigenvalue weighted by molar-refractivity contribution is 0.215. The molecule has 0 aromatic heterocycles. The Labute approximate surface area is 76.0 Å². The highest BCUT2D eigenvalue weighted by Gasteiger charge is 1.99. The fourth-order valence-corrected chi connectivity index (χ4v) is 0.944. The number of phenols is 1. The third-order valence-corrected chi connectivity index (χ3v) is 1.55. The Bertz CT molecular complexity index is 310. The molecule has 1 aromatic rings. The molecule has 0 unspecified atom stereocenters. The van der Waals surface area contributed by atoms with Crippen molar-refractivity contribution in [3.8, 4) is 11.5 Å². The Kier molecular flexibility index (Phi) is 3.16. The molecule has 0 radical (unpaired) electrons. The van der Waals surface area contributed by atoms with Crippen LogP contribution in [0.1, 0.15) is 5.56 Å². The number of aromatic hydroxyl groups is 1. The van der Waals surface area contributed by atoms with Crippen LogP contribution in [0.5, 0.6) is 11.5 Å². The molecule has 0 fully saturated rings. The van der Waals surface area contributed by atoms with Gasteiger partial charge in [-0.1, -0.05) is 6.07 Å². The van der Waals surface area contributed by atoms with Crippen molar-refractivity contribution >= 4 is 6.08 Å². The molecule has 0 atom stereocenters. The Morgan fingerprint density at radius 3 is 2.77 bits per heavy atom. The fraction of sp³-hybridized carbons (Fsp3) is 0.111. The van der Waals surface area contributed by atoms with Crippen LogP contribution in [0.3, 0.4) is 0 Å². The van der Waals surface area contributed by atoms with Crippen LogP contribution in [0.25, 0.3) is 6.08 Å². The Morgan fingerprint density at radius 2 is 2.23 bits per heavy atom. The number of phenolic OH excluding ortho intramolecular Hbond substituents is 1. The maximum Gasteiger partial charge on any atom is 0.160 e. The monoisotopic (exact) mass is 181 g/mol. The molecule has 0 amide bonds. The van der Waals surface area contributed by atoms with E-state index in [1.54, 1.807) is 18.2 Å². The lowest BCUT2D eigenvalue weighted by Crippen LogP contribution is -1.92. The zero-order chi connectivity index (χ0) is 9.68. The predicted molar refractivity (Wildman–Crippen MR) is 48.6 cm³/mol. The minimum Gasteiger partial charge on any atom is -0.504 e. The van der Waals surface area contributed by atoms with Crippen LogP contribution in [0.4, 0.5) is 0 Å². The minimum atomic E-state index is 0.0718. The molecule has 0 heterocycles. The molecule has 0 saturated heterocycles. The molecule has 0 aliphatic rings. The van der Waals surface area contributed by atoms with Gasteiger partial charge in [-0.25, -0.2) is 0 Å². The molecule has 0 spiro atoms. The maximum absolute atomic E-state index is 9.35. The molecule has 13 heavy (non-hydrogen) atoms. The number of hydrogen-bond donors (Lipinski definition) is 3. The van der Waals surface area contributed by atoms with Crippen LogP contribution in [-0.4, -0.2) is 17.4 Å². The van der Waals surface area contributed by atoms with Crippen LogP contribution < -0.4 is 10.2 Å². The average molecular weight is 181 g/mol. The second-order valence-electron chi connectivity index (χ2n) is 2.39. The maximum atomic E-state index is 9.35. The summed E-state index contributed by atoms with van der Waals surface area (Å²) in [7, 11) is 1.49. The van der Waals surface area contributed by atoms with E-state index in [1.807, 2.05) is 5.48 Å². The predicted octanol–water partition coefficient (Wildman–Crippen LogP) is 1.35. The van der Waals surface area contributed by atoms with Gasteiger partial charge < -0.3 is 9.84 Å². The Balaban J connectivity index is 2.89. The van der Waals surface area contributed by atoms with Crippen LogP contribution in [0.15, 0.2) is 24.4 Å². The zero-order valence-electron chi connectivity index (χ0n) is 7.19. The second-order valence-corrected chi connectivity index (χ2v) is 2.39. The molecule has 0 aliphatic carbocycles. The summed E-state index contributed by atoms with van der Waals surface area (Å²) in [5.41, 5.74) is 2.63. The first-order valence-electron chi connectivity index (χ1n) is 3.71. The quantitative estimate of drug-likeness (QED) is 0.616. The van der Waals surface area contributed by atoms with E-state index in [4.69, 9.17) is 9.94 Å². The van der Waals surface area contributed by atoms with Crippen LogP contribution in [-0.2, 0) is 0 Å². The summed E-state index contributed by atoms with van der Waals surface area (Å²) in [6.45, 7) is 0. The van der Waals surface area contributed by atoms with Gasteiger partial charge in [-0.3, -0.25) is 10.7 Å². The molecule has 4 nitrogen and oxygen atoms in total. The average Bonchev–Trinajstić information content (AvgIpc) is 2.15. The van der Waals surface area contributed by atoms with Crippen LogP contribution >= 0.6 is 0 Å². The van der Waals surface area contributed by atoms with Gasteiger partial charge in [0.2, 0.25) is 0 Å². The number of methoxy groups -OCH3 is 1. The lowest BCUT2D eigenvalue weighted by Gasteiger charge is -2.02. The van der Waals surface area contributed by atoms with Gasteiger partial charge in [-0.2, -0.15) is 0 Å². The molecule has 1 aromatic carbocycles. The van der Waals surface area contributed by atoms with E-state index in [-0.39, 0.29) is 5.75 Å². The minimum absolute atomic E-state index is 0.0718. The third-order valence-electron chi connectivity index (χ3n) is 1.55. The summed E-state index contributed by atoms with van der Waals surface area (Å²) >= 11 is 0. The topological polar surface area (TPSA) is 61.7 Å². The van der Waals surface area contributed by atoms with Crippen molar-refractivity contribution < 1.29 is 15.1 Å². The molecule has 70 valence electrons. The van der Waals surface area contributed by atoms with Crippen molar-refractivity contribution in [2.24, 2.45) is 0 Å². The zero-order valence-corrected chi connectivity index (χ0v) is 7.19. The Hall–Kier alpha value is -1.68. The van der Waals surface area contributed by atoms with Gasteiger partial charge in [0.25, 0.3) is 0 Å². The molecule has 0 aliphatic heterocycles. The second kappa shape index (κ2) is 4.37. The molecular weight excluding hydrogens is 170 g/mol. The van der Waals surface area contributed by atoms with E-state index in [2.05, 4.69) is 0 Å². The van der Waals surface area contributed by atoms with Crippen molar-refractivity contribution in [2.45, 2.75) is 0 Å². The Morgan fingerprint density at radius 1 is 1.46 bits per heavy atom. The first-order valence-corrected chi connectivity index (χ1v) is 3.71. The molecular formula is C9H11NO3. The highest BCUT2D eigenvalue weighted by molar-refractivity contribution is 5.54. The molecule has 1 rings (SSSR count). The third kappa shape index (κ3) is 2.38. The summed E-state index contributed by atoms with van der Waals surface area (Å²) in [5.74, 6) is 0.497. The van der Waals surface area contributed by atoms with E-state index in [0.717, 1.165) is 5.56 Å². The van der Waals surface area contributed by atoms with Gasteiger partial charge in [0.05, 0.1) is 7.11 Å². The van der Waals surface area contributed by atoms with Gasteiger partial charge in [-0.15, -0.1) is 0 Å². The van der Waals surface area contributed by atoms with Gasteiger partial charge >= 0.3 is 0 Å². The SMILES string of the molecule is COc1ccc(/C=C/NO)cc1O. The van der Waals surface area contributed by atoms with E-state index in [0.29, 0.717) is 5.75 Å². The van der Waals surface area contributed by atoms with Gasteiger partial charge in [0.15, 0.2) is 11.5 Å². The van der Waals surface area contributed by atoms with Crippen molar-refractivity contribution in [3.05, 3.63) is 30.0 Å². The number of ether oxygens (including phenoxy) is 1. The number of rotatable bonds is 3. The summed E-state index contributed by atoms with van der Waals surface area (Å²) in [5, 5.41) is 17.6. The summed E-state index contributed by atoms with van der Waals surface area (Å²) < 4.78 is 4.87. The van der Waals surface area contributed by atoms with Crippen LogP contribution in [0, 0.1) is 0 Å². The number of benzene rings is 1. The van der Waals surface area contributed by atoms with E-state index < -0.39 is 0 Å². The summed E-state index contributed by atoms with van der Waals surface area (Å²) in [4.78, 5) is 0. The molecule has 3 N–H and O–H groups in total. The highest BCUT2D eigenvalue weighted by Crippen LogP contribution is 2.26. The van der Waals surface area contributed by atoms with Crippen molar-refractivity contribution in [3.63, 3.8) is 0 Å². The van der Waals surface area contributed by atoms with E-state index in [9.17, 15) is 5.11 Å². The fourth-order valence-electron chi connectivity index (χ4n) is 0.944. The van der Waals surface area contributed by atoms with E-state index in [1.165, 1.54) is 19.4 Å². The number of nitrogens with one attached hydrogen (secondary N) is 1. The first-order chi connectivity index (χ1) is 6.27. The first kappa shape index (κ1) is 9.41. The standard InChI is InChI=1S/C9H11NO3/c1-13-9-3-2-7(4-5-10-12)6-8(9)11/h2-6,10-12H,1H3/b5-4+. The number of hydroxylamine groups is 1. The van der Waals surface area contributed by atoms with Crippen molar-refractivity contribution in [2.75, 3.05) is 7.11 Å². The van der Waals surface area contributed by atoms with Gasteiger partial charge in [0, 0.05) is 6.20 Å². The normalized spacial score (nSPS) is 10.3. The van der Waals surface area contributed by atoms with Crippen molar-refractivity contribution in [1.82, 2.24) is 5.48 Å². The van der Waals surface area contributed by atoms with E-state index >= 15 is 0 Å². The van der Waals surface area contributed by atoms with Crippen molar-refractivity contribution in [1.29, 1.82) is 0 Å². The summed E-state index contributed by atoms with van der Waals surface area (Å²) in [6, 6.07) is 4.94. The van der Waals surface area contributed by atoms with Crippen LogP contribution in [0.2, 0.25) is 0 Å². The highest BCUT2D eigenvalue weighted by atomic mass is 16.5. The summed E-state index contributed by atoms with van der Waals surface area (Å²) in [6.07, 6.45) is 2.96. The molecule has 0 bridgehead atoms. The molecule has 4 heteroatoms.